The van der Waals surface area contributed by atoms with Gasteiger partial charge in [-0.2, -0.15) is 0 Å². The van der Waals surface area contributed by atoms with Crippen LogP contribution in [0.2, 0.25) is 5.02 Å². The molecule has 2 N–H and O–H groups in total. The molecule has 17 heavy (non-hydrogen) atoms. The Bertz CT molecular complexity index is 401. The number of likely N-dealkylation sites (N-methyl/N-ethyl adjacent to an activating group) is 1. The molecule has 0 saturated heterocycles. The summed E-state index contributed by atoms with van der Waals surface area (Å²) in [6.07, 6.45) is 1.94. The Kier molecular flexibility index (Phi) is 5.61. The van der Waals surface area contributed by atoms with E-state index in [1.165, 1.54) is 4.90 Å². The van der Waals surface area contributed by atoms with Gasteiger partial charge in [-0.05, 0) is 24.5 Å². The van der Waals surface area contributed by atoms with E-state index in [9.17, 15) is 4.79 Å². The molecule has 4 nitrogen and oxygen atoms in total. The number of carbonyl (C=O) groups excluding carboxylic acids is 1. The second kappa shape index (κ2) is 6.74. The molecule has 0 aliphatic heterocycles. The third-order valence-corrected chi connectivity index (χ3v) is 3.41. The van der Waals surface area contributed by atoms with Gasteiger partial charge in [0.25, 0.3) is 0 Å². The molecule has 0 spiro atoms. The van der Waals surface area contributed by atoms with Crippen molar-refractivity contribution in [3.05, 3.63) is 23.2 Å². The number of aliphatic hydroxyl groups excluding tert-OH is 1. The van der Waals surface area contributed by atoms with E-state index < -0.39 is 0 Å². The van der Waals surface area contributed by atoms with Gasteiger partial charge in [-0.1, -0.05) is 11.6 Å². The van der Waals surface area contributed by atoms with E-state index in [4.69, 9.17) is 16.7 Å². The molecule has 0 fully saturated rings. The molecule has 1 aromatic carbocycles. The highest BCUT2D eigenvalue weighted by Gasteiger charge is 2.08. The highest BCUT2D eigenvalue weighted by molar-refractivity contribution is 7.98. The molecule has 6 heteroatoms. The SMILES string of the molecule is CSc1ccc(NC(=O)N(C)CCO)cc1Cl. The summed E-state index contributed by atoms with van der Waals surface area (Å²) in [5.74, 6) is 0. The van der Waals surface area contributed by atoms with Gasteiger partial charge in [-0.15, -0.1) is 11.8 Å². The van der Waals surface area contributed by atoms with Crippen LogP contribution in [0, 0.1) is 0 Å². The zero-order chi connectivity index (χ0) is 12.8. The average Bonchev–Trinajstić information content (AvgIpc) is 2.29. The molecule has 0 radical (unpaired) electrons. The molecule has 2 amide bonds. The minimum Gasteiger partial charge on any atom is -0.395 e. The maximum absolute atomic E-state index is 11.6. The Morgan fingerprint density at radius 2 is 2.29 bits per heavy atom. The van der Waals surface area contributed by atoms with E-state index in [0.29, 0.717) is 17.3 Å². The number of thioether (sulfide) groups is 1. The summed E-state index contributed by atoms with van der Waals surface area (Å²) in [4.78, 5) is 14.0. The number of carbonyl (C=O) groups is 1. The lowest BCUT2D eigenvalue weighted by molar-refractivity contribution is 0.202. The lowest BCUT2D eigenvalue weighted by Crippen LogP contribution is -2.33. The van der Waals surface area contributed by atoms with Crippen molar-refractivity contribution in [3.8, 4) is 0 Å². The van der Waals surface area contributed by atoms with Crippen LogP contribution in [-0.2, 0) is 0 Å². The first-order chi connectivity index (χ1) is 8.08. The molecule has 1 rings (SSSR count). The number of benzene rings is 1. The Morgan fingerprint density at radius 3 is 2.82 bits per heavy atom. The topological polar surface area (TPSA) is 52.6 Å². The van der Waals surface area contributed by atoms with E-state index in [2.05, 4.69) is 5.32 Å². The molecule has 0 bridgehead atoms. The fourth-order valence-electron chi connectivity index (χ4n) is 1.21. The van der Waals surface area contributed by atoms with Crippen LogP contribution in [0.3, 0.4) is 0 Å². The Hall–Kier alpha value is -0.910. The number of amides is 2. The number of nitrogens with zero attached hydrogens (tertiary/aromatic N) is 1. The number of rotatable bonds is 4. The summed E-state index contributed by atoms with van der Waals surface area (Å²) >= 11 is 7.58. The van der Waals surface area contributed by atoms with Gasteiger partial charge in [-0.3, -0.25) is 0 Å². The van der Waals surface area contributed by atoms with Crippen molar-refractivity contribution in [1.82, 2.24) is 4.90 Å². The number of urea groups is 1. The number of aliphatic hydroxyl groups is 1. The third-order valence-electron chi connectivity index (χ3n) is 2.19. The molecular formula is C11H15ClN2O2S. The predicted molar refractivity (Wildman–Crippen MR) is 72.0 cm³/mol. The molecule has 0 heterocycles. The lowest BCUT2D eigenvalue weighted by atomic mass is 10.3. The number of halogens is 1. The monoisotopic (exact) mass is 274 g/mol. The number of anilines is 1. The Morgan fingerprint density at radius 1 is 1.59 bits per heavy atom. The first kappa shape index (κ1) is 14.2. The van der Waals surface area contributed by atoms with Crippen LogP contribution in [-0.4, -0.2) is 42.5 Å². The summed E-state index contributed by atoms with van der Waals surface area (Å²) in [5, 5.41) is 12.0. The van der Waals surface area contributed by atoms with Gasteiger partial charge in [0.2, 0.25) is 0 Å². The largest absolute Gasteiger partial charge is 0.395 e. The number of nitrogens with one attached hydrogen (secondary N) is 1. The molecule has 0 aromatic heterocycles. The summed E-state index contributed by atoms with van der Waals surface area (Å²) < 4.78 is 0. The second-order valence-electron chi connectivity index (χ2n) is 3.42. The second-order valence-corrected chi connectivity index (χ2v) is 4.68. The van der Waals surface area contributed by atoms with Crippen molar-refractivity contribution >= 4 is 35.1 Å². The highest BCUT2D eigenvalue weighted by atomic mass is 35.5. The van der Waals surface area contributed by atoms with Gasteiger partial charge < -0.3 is 15.3 Å². The van der Waals surface area contributed by atoms with E-state index in [1.807, 2.05) is 12.3 Å². The van der Waals surface area contributed by atoms with Crippen LogP contribution < -0.4 is 5.32 Å². The normalized spacial score (nSPS) is 10.1. The maximum Gasteiger partial charge on any atom is 0.321 e. The van der Waals surface area contributed by atoms with Crippen LogP contribution in [0.5, 0.6) is 0 Å². The molecule has 1 aromatic rings. The smallest absolute Gasteiger partial charge is 0.321 e. The minimum atomic E-state index is -0.271. The summed E-state index contributed by atoms with van der Waals surface area (Å²) in [6.45, 7) is 0.235. The zero-order valence-electron chi connectivity index (χ0n) is 9.74. The quantitative estimate of drug-likeness (QED) is 0.830. The van der Waals surface area contributed by atoms with Gasteiger partial charge in [0.15, 0.2) is 0 Å². The number of hydrogen-bond acceptors (Lipinski definition) is 3. The van der Waals surface area contributed by atoms with Gasteiger partial charge in [0, 0.05) is 24.2 Å². The van der Waals surface area contributed by atoms with Crippen LogP contribution in [0.15, 0.2) is 23.1 Å². The highest BCUT2D eigenvalue weighted by Crippen LogP contribution is 2.27. The van der Waals surface area contributed by atoms with Crippen LogP contribution in [0.4, 0.5) is 10.5 Å². The number of hydrogen-bond donors (Lipinski definition) is 2. The first-order valence-electron chi connectivity index (χ1n) is 5.05. The van der Waals surface area contributed by atoms with Crippen molar-refractivity contribution in [3.63, 3.8) is 0 Å². The molecule has 0 aliphatic rings. The molecular weight excluding hydrogens is 260 g/mol. The van der Waals surface area contributed by atoms with E-state index in [-0.39, 0.29) is 12.6 Å². The average molecular weight is 275 g/mol. The minimum absolute atomic E-state index is 0.0594. The summed E-state index contributed by atoms with van der Waals surface area (Å²) in [5.41, 5.74) is 0.641. The van der Waals surface area contributed by atoms with E-state index in [1.54, 1.807) is 30.9 Å². The van der Waals surface area contributed by atoms with Crippen molar-refractivity contribution in [2.75, 3.05) is 31.8 Å². The summed E-state index contributed by atoms with van der Waals surface area (Å²) in [7, 11) is 1.61. The van der Waals surface area contributed by atoms with Crippen molar-refractivity contribution in [2.45, 2.75) is 4.90 Å². The standard InChI is InChI=1S/C11H15ClN2O2S/c1-14(5-6-15)11(16)13-8-3-4-10(17-2)9(12)7-8/h3-4,7,15H,5-6H2,1-2H3,(H,13,16). The van der Waals surface area contributed by atoms with Gasteiger partial charge >= 0.3 is 6.03 Å². The van der Waals surface area contributed by atoms with Crippen LogP contribution in [0.1, 0.15) is 0 Å². The van der Waals surface area contributed by atoms with Crippen LogP contribution in [0.25, 0.3) is 0 Å². The lowest BCUT2D eigenvalue weighted by Gasteiger charge is -2.16. The van der Waals surface area contributed by atoms with Crippen molar-refractivity contribution in [1.29, 1.82) is 0 Å². The van der Waals surface area contributed by atoms with Crippen LogP contribution >= 0.6 is 23.4 Å². The Labute approximate surface area is 110 Å². The van der Waals surface area contributed by atoms with E-state index >= 15 is 0 Å². The van der Waals surface area contributed by atoms with Gasteiger partial charge in [-0.25, -0.2) is 4.79 Å². The fourth-order valence-corrected chi connectivity index (χ4v) is 2.08. The Balaban J connectivity index is 2.69. The van der Waals surface area contributed by atoms with Crippen molar-refractivity contribution < 1.29 is 9.90 Å². The van der Waals surface area contributed by atoms with Gasteiger partial charge in [0.1, 0.15) is 0 Å². The molecule has 0 unspecified atom stereocenters. The molecule has 0 saturated carbocycles. The maximum atomic E-state index is 11.6. The first-order valence-corrected chi connectivity index (χ1v) is 6.65. The molecule has 0 atom stereocenters. The summed E-state index contributed by atoms with van der Waals surface area (Å²) in [6, 6.07) is 5.09. The van der Waals surface area contributed by atoms with E-state index in [0.717, 1.165) is 4.90 Å². The zero-order valence-corrected chi connectivity index (χ0v) is 11.3. The predicted octanol–water partition coefficient (Wildman–Crippen LogP) is 2.52. The molecule has 0 aliphatic carbocycles. The van der Waals surface area contributed by atoms with Gasteiger partial charge in [0.05, 0.1) is 11.6 Å². The fraction of sp³-hybridized carbons (Fsp3) is 0.364. The third kappa shape index (κ3) is 4.11. The van der Waals surface area contributed by atoms with Crippen molar-refractivity contribution in [2.24, 2.45) is 0 Å². The molecule has 94 valence electrons.